The van der Waals surface area contributed by atoms with E-state index >= 15 is 0 Å². The summed E-state index contributed by atoms with van der Waals surface area (Å²) < 4.78 is 2.24. The molecule has 1 aromatic rings. The summed E-state index contributed by atoms with van der Waals surface area (Å²) in [6, 6.07) is 2.97. The highest BCUT2D eigenvalue weighted by atomic mass is 14.9. The molecule has 0 aliphatic heterocycles. The van der Waals surface area contributed by atoms with E-state index in [1.54, 1.807) is 0 Å². The molecule has 2 unspecified atom stereocenters. The topological polar surface area (TPSA) is 17.0 Å². The van der Waals surface area contributed by atoms with Gasteiger partial charge in [-0.1, -0.05) is 19.8 Å². The number of aryl methyl sites for hydroxylation is 1. The molecule has 1 heterocycles. The third-order valence-electron chi connectivity index (χ3n) is 4.03. The highest BCUT2D eigenvalue weighted by Gasteiger charge is 2.15. The molecule has 2 heteroatoms. The highest BCUT2D eigenvalue weighted by Crippen LogP contribution is 2.22. The fourth-order valence-corrected chi connectivity index (χ4v) is 2.75. The molecule has 2 atom stereocenters. The van der Waals surface area contributed by atoms with Gasteiger partial charge in [0.1, 0.15) is 0 Å². The fraction of sp³-hybridized carbons (Fsp3) is 0.733. The molecule has 0 aromatic carbocycles. The van der Waals surface area contributed by atoms with Crippen LogP contribution in [0.2, 0.25) is 0 Å². The molecule has 0 amide bonds. The zero-order valence-corrected chi connectivity index (χ0v) is 11.3. The molecular weight excluding hydrogens is 208 g/mol. The Morgan fingerprint density at radius 1 is 1.29 bits per heavy atom. The maximum Gasteiger partial charge on any atom is 0.0223 e. The van der Waals surface area contributed by atoms with E-state index in [4.69, 9.17) is 0 Å². The lowest BCUT2D eigenvalue weighted by Gasteiger charge is -2.15. The average Bonchev–Trinajstić information content (AvgIpc) is 2.70. The van der Waals surface area contributed by atoms with Gasteiger partial charge in [0.05, 0.1) is 0 Å². The van der Waals surface area contributed by atoms with Gasteiger partial charge in [0.25, 0.3) is 0 Å². The van der Waals surface area contributed by atoms with Crippen LogP contribution in [0.1, 0.15) is 51.5 Å². The molecule has 0 radical (unpaired) electrons. The van der Waals surface area contributed by atoms with Gasteiger partial charge in [-0.05, 0) is 43.7 Å². The summed E-state index contributed by atoms with van der Waals surface area (Å²) in [6.45, 7) is 6.68. The molecule has 1 fully saturated rings. The zero-order chi connectivity index (χ0) is 12.1. The summed E-state index contributed by atoms with van der Waals surface area (Å²) in [6.07, 6.45) is 11.4. The van der Waals surface area contributed by atoms with Crippen LogP contribution < -0.4 is 5.32 Å². The molecular formula is C15H26N2. The van der Waals surface area contributed by atoms with Crippen LogP contribution in [0.15, 0.2) is 18.5 Å². The molecule has 1 aliphatic carbocycles. The van der Waals surface area contributed by atoms with Gasteiger partial charge in [0, 0.05) is 31.5 Å². The number of hydrogen-bond donors (Lipinski definition) is 1. The molecule has 2 rings (SSSR count). The smallest absolute Gasteiger partial charge is 0.0223 e. The molecule has 2 nitrogen and oxygen atoms in total. The van der Waals surface area contributed by atoms with Gasteiger partial charge in [-0.25, -0.2) is 0 Å². The van der Waals surface area contributed by atoms with E-state index in [1.807, 2.05) is 0 Å². The Morgan fingerprint density at radius 3 is 2.94 bits per heavy atom. The Labute approximate surface area is 105 Å². The van der Waals surface area contributed by atoms with Crippen LogP contribution >= 0.6 is 0 Å². The highest BCUT2D eigenvalue weighted by molar-refractivity contribution is 5.10. The molecule has 17 heavy (non-hydrogen) atoms. The molecule has 1 aliphatic rings. The molecule has 0 spiro atoms. The van der Waals surface area contributed by atoms with Crippen molar-refractivity contribution in [3.8, 4) is 0 Å². The first-order valence-corrected chi connectivity index (χ1v) is 7.16. The van der Waals surface area contributed by atoms with Crippen LogP contribution in [0.5, 0.6) is 0 Å². The van der Waals surface area contributed by atoms with Gasteiger partial charge >= 0.3 is 0 Å². The van der Waals surface area contributed by atoms with Crippen molar-refractivity contribution in [3.05, 3.63) is 24.0 Å². The van der Waals surface area contributed by atoms with Gasteiger partial charge in [-0.2, -0.15) is 0 Å². The number of aromatic nitrogens is 1. The Kier molecular flexibility index (Phi) is 4.66. The van der Waals surface area contributed by atoms with E-state index in [2.05, 4.69) is 42.2 Å². The van der Waals surface area contributed by atoms with Crippen LogP contribution in [-0.4, -0.2) is 10.6 Å². The van der Waals surface area contributed by atoms with Crippen molar-refractivity contribution in [2.75, 3.05) is 0 Å². The fourth-order valence-electron chi connectivity index (χ4n) is 2.75. The average molecular weight is 234 g/mol. The summed E-state index contributed by atoms with van der Waals surface area (Å²) in [5.41, 5.74) is 1.42. The van der Waals surface area contributed by atoms with Crippen molar-refractivity contribution in [1.82, 2.24) is 9.88 Å². The molecule has 1 N–H and O–H groups in total. The first-order valence-electron chi connectivity index (χ1n) is 7.16. The second-order valence-corrected chi connectivity index (χ2v) is 5.54. The van der Waals surface area contributed by atoms with E-state index in [0.717, 1.165) is 25.0 Å². The van der Waals surface area contributed by atoms with E-state index in [-0.39, 0.29) is 0 Å². The Balaban J connectivity index is 1.77. The van der Waals surface area contributed by atoms with E-state index in [0.29, 0.717) is 0 Å². The first kappa shape index (κ1) is 12.7. The quantitative estimate of drug-likeness (QED) is 0.788. The molecule has 96 valence electrons. The normalized spacial score (nSPS) is 25.8. The summed E-state index contributed by atoms with van der Waals surface area (Å²) in [4.78, 5) is 0. The Morgan fingerprint density at radius 2 is 2.18 bits per heavy atom. The largest absolute Gasteiger partial charge is 0.354 e. The predicted octanol–water partition coefficient (Wildman–Crippen LogP) is 3.57. The van der Waals surface area contributed by atoms with Gasteiger partial charge in [0.2, 0.25) is 0 Å². The standard InChI is InChI=1S/C15H26N2/c1-3-17-10-9-14(12-17)11-16-15-6-4-5-13(2)7-8-15/h9-10,12-13,15-16H,3-8,11H2,1-2H3. The van der Waals surface area contributed by atoms with Gasteiger partial charge in [-0.15, -0.1) is 0 Å². The monoisotopic (exact) mass is 234 g/mol. The predicted molar refractivity (Wildman–Crippen MR) is 73.0 cm³/mol. The lowest BCUT2D eigenvalue weighted by molar-refractivity contribution is 0.447. The van der Waals surface area contributed by atoms with Gasteiger partial charge in [0.15, 0.2) is 0 Å². The van der Waals surface area contributed by atoms with Gasteiger partial charge < -0.3 is 9.88 Å². The first-order chi connectivity index (χ1) is 8.28. The second kappa shape index (κ2) is 6.25. The minimum absolute atomic E-state index is 0.741. The van der Waals surface area contributed by atoms with Crippen LogP contribution in [0.4, 0.5) is 0 Å². The van der Waals surface area contributed by atoms with Crippen LogP contribution in [-0.2, 0) is 13.1 Å². The van der Waals surface area contributed by atoms with E-state index < -0.39 is 0 Å². The van der Waals surface area contributed by atoms with Crippen molar-refractivity contribution in [3.63, 3.8) is 0 Å². The number of hydrogen-bond acceptors (Lipinski definition) is 1. The maximum absolute atomic E-state index is 3.72. The minimum Gasteiger partial charge on any atom is -0.354 e. The van der Waals surface area contributed by atoms with Crippen molar-refractivity contribution in [1.29, 1.82) is 0 Å². The number of nitrogens with one attached hydrogen (secondary N) is 1. The number of rotatable bonds is 4. The lowest BCUT2D eigenvalue weighted by Crippen LogP contribution is -2.27. The lowest BCUT2D eigenvalue weighted by atomic mass is 10.0. The van der Waals surface area contributed by atoms with Crippen LogP contribution in [0.25, 0.3) is 0 Å². The summed E-state index contributed by atoms with van der Waals surface area (Å²) in [5.74, 6) is 0.933. The Bertz CT molecular complexity index is 329. The molecule has 1 saturated carbocycles. The summed E-state index contributed by atoms with van der Waals surface area (Å²) >= 11 is 0. The van der Waals surface area contributed by atoms with E-state index in [9.17, 15) is 0 Å². The zero-order valence-electron chi connectivity index (χ0n) is 11.3. The van der Waals surface area contributed by atoms with Crippen molar-refractivity contribution < 1.29 is 0 Å². The minimum atomic E-state index is 0.741. The molecule has 0 bridgehead atoms. The third kappa shape index (κ3) is 3.88. The SMILES string of the molecule is CCn1ccc(CNC2CCCC(C)CC2)c1. The van der Waals surface area contributed by atoms with Crippen molar-refractivity contribution >= 4 is 0 Å². The van der Waals surface area contributed by atoms with Crippen molar-refractivity contribution in [2.45, 2.75) is 65.1 Å². The summed E-state index contributed by atoms with van der Waals surface area (Å²) in [7, 11) is 0. The Hall–Kier alpha value is -0.760. The van der Waals surface area contributed by atoms with E-state index in [1.165, 1.54) is 37.7 Å². The second-order valence-electron chi connectivity index (χ2n) is 5.54. The third-order valence-corrected chi connectivity index (χ3v) is 4.03. The maximum atomic E-state index is 3.72. The summed E-state index contributed by atoms with van der Waals surface area (Å²) in [5, 5.41) is 3.72. The molecule has 0 saturated heterocycles. The van der Waals surface area contributed by atoms with Crippen LogP contribution in [0.3, 0.4) is 0 Å². The van der Waals surface area contributed by atoms with Crippen molar-refractivity contribution in [2.24, 2.45) is 5.92 Å². The van der Waals surface area contributed by atoms with Gasteiger partial charge in [-0.3, -0.25) is 0 Å². The molecule has 1 aromatic heterocycles. The van der Waals surface area contributed by atoms with Crippen LogP contribution in [0, 0.1) is 5.92 Å². The number of nitrogens with zero attached hydrogens (tertiary/aromatic N) is 1.